The summed E-state index contributed by atoms with van der Waals surface area (Å²) in [6.45, 7) is 5.00. The van der Waals surface area contributed by atoms with Crippen LogP contribution in [0.1, 0.15) is 39.0 Å². The number of para-hydroxylation sites is 1. The zero-order valence-electron chi connectivity index (χ0n) is 20.6. The summed E-state index contributed by atoms with van der Waals surface area (Å²) in [6, 6.07) is 6.85. The molecule has 1 aromatic rings. The third-order valence-electron chi connectivity index (χ3n) is 4.80. The Kier molecular flexibility index (Phi) is 12.6. The number of hydrogen-bond donors (Lipinski definition) is 2. The molecule has 37 heavy (non-hydrogen) atoms. The van der Waals surface area contributed by atoms with E-state index in [2.05, 4.69) is 22.4 Å². The minimum absolute atomic E-state index is 0.0538. The molecule has 11 heteroatoms. The van der Waals surface area contributed by atoms with Crippen LogP contribution in [-0.4, -0.2) is 49.3 Å². The van der Waals surface area contributed by atoms with Gasteiger partial charge in [0.15, 0.2) is 5.71 Å². The van der Waals surface area contributed by atoms with E-state index in [0.29, 0.717) is 16.4 Å². The van der Waals surface area contributed by atoms with Crippen molar-refractivity contribution in [1.82, 2.24) is 5.32 Å². The highest BCUT2D eigenvalue weighted by molar-refractivity contribution is 6.45. The van der Waals surface area contributed by atoms with Gasteiger partial charge in [0.05, 0.1) is 23.6 Å². The van der Waals surface area contributed by atoms with Gasteiger partial charge in [0, 0.05) is 17.7 Å². The van der Waals surface area contributed by atoms with E-state index < -0.39 is 23.8 Å². The highest BCUT2D eigenvalue weighted by Crippen LogP contribution is 2.20. The van der Waals surface area contributed by atoms with Crippen LogP contribution in [0.25, 0.3) is 0 Å². The Morgan fingerprint density at radius 2 is 1.68 bits per heavy atom. The molecule has 198 valence electrons. The van der Waals surface area contributed by atoms with Crippen molar-refractivity contribution in [2.24, 2.45) is 5.10 Å². The topological polar surface area (TPSA) is 132 Å². The van der Waals surface area contributed by atoms with Crippen molar-refractivity contribution in [1.29, 1.82) is 0 Å². The fourth-order valence-electron chi connectivity index (χ4n) is 2.85. The van der Waals surface area contributed by atoms with Gasteiger partial charge in [-0.05, 0) is 31.1 Å². The Balaban J connectivity index is 1.90. The summed E-state index contributed by atoms with van der Waals surface area (Å²) in [5.41, 5.74) is 3.87. The van der Waals surface area contributed by atoms with Gasteiger partial charge in [0.2, 0.25) is 0 Å². The number of amides is 1. The minimum Gasteiger partial charge on any atom is -0.462 e. The quantitative estimate of drug-likeness (QED) is 0.122. The summed E-state index contributed by atoms with van der Waals surface area (Å²) in [4.78, 5) is 47.8. The molecule has 0 saturated heterocycles. The van der Waals surface area contributed by atoms with Gasteiger partial charge >= 0.3 is 17.9 Å². The first-order valence-electron chi connectivity index (χ1n) is 11.7. The molecule has 0 heterocycles. The number of esters is 3. The van der Waals surface area contributed by atoms with E-state index in [-0.39, 0.29) is 50.4 Å². The van der Waals surface area contributed by atoms with Crippen molar-refractivity contribution in [2.75, 3.05) is 25.2 Å². The molecule has 0 fully saturated rings. The second kappa shape index (κ2) is 15.9. The first-order chi connectivity index (χ1) is 17.8. The number of carbonyl (C=O) groups is 4. The minimum atomic E-state index is -0.688. The molecule has 2 rings (SSSR count). The molecule has 0 radical (unpaired) electrons. The number of anilines is 1. The highest BCUT2D eigenvalue weighted by Gasteiger charge is 2.19. The molecule has 1 aliphatic rings. The number of benzene rings is 1. The highest BCUT2D eigenvalue weighted by atomic mass is 35.5. The van der Waals surface area contributed by atoms with Gasteiger partial charge in [-0.2, -0.15) is 5.10 Å². The number of ether oxygens (including phenoxy) is 3. The average molecular weight is 532 g/mol. The summed E-state index contributed by atoms with van der Waals surface area (Å²) in [7, 11) is 0. The van der Waals surface area contributed by atoms with Crippen LogP contribution in [0.15, 0.2) is 65.4 Å². The lowest BCUT2D eigenvalue weighted by molar-refractivity contribution is -0.153. The van der Waals surface area contributed by atoms with E-state index in [9.17, 15) is 19.2 Å². The van der Waals surface area contributed by atoms with Crippen LogP contribution < -0.4 is 10.7 Å². The third kappa shape index (κ3) is 11.1. The van der Waals surface area contributed by atoms with Crippen molar-refractivity contribution in [3.8, 4) is 0 Å². The molecule has 0 aromatic heterocycles. The van der Waals surface area contributed by atoms with E-state index in [4.69, 9.17) is 25.8 Å². The zero-order chi connectivity index (χ0) is 27.0. The normalized spacial score (nSPS) is 12.7. The number of carbonyl (C=O) groups excluding carboxylic acids is 4. The molecule has 2 N–H and O–H groups in total. The van der Waals surface area contributed by atoms with Crippen LogP contribution in [-0.2, 0) is 33.4 Å². The van der Waals surface area contributed by atoms with Crippen LogP contribution in [0.3, 0.4) is 0 Å². The Morgan fingerprint density at radius 1 is 1.00 bits per heavy atom. The van der Waals surface area contributed by atoms with E-state index in [1.54, 1.807) is 37.3 Å². The molecule has 0 spiro atoms. The summed E-state index contributed by atoms with van der Waals surface area (Å²) in [5.74, 6) is -2.27. The maximum atomic E-state index is 12.9. The zero-order valence-corrected chi connectivity index (χ0v) is 21.3. The van der Waals surface area contributed by atoms with Gasteiger partial charge in [0.1, 0.15) is 19.8 Å². The van der Waals surface area contributed by atoms with Crippen molar-refractivity contribution in [3.05, 3.63) is 65.4 Å². The van der Waals surface area contributed by atoms with Crippen molar-refractivity contribution < 1.29 is 33.4 Å². The number of rotatable bonds is 14. The molecule has 0 saturated carbocycles. The third-order valence-corrected chi connectivity index (χ3v) is 5.13. The molecule has 0 aliphatic heterocycles. The number of nitrogens with one attached hydrogen (secondary N) is 2. The first kappa shape index (κ1) is 29.3. The molecule has 0 atom stereocenters. The monoisotopic (exact) mass is 531 g/mol. The smallest absolute Gasteiger partial charge is 0.306 e. The molecular formula is C26H30ClN3O7. The molecule has 0 unspecified atom stereocenters. The molecular weight excluding hydrogens is 502 g/mol. The molecule has 1 aliphatic carbocycles. The van der Waals surface area contributed by atoms with Crippen LogP contribution >= 0.6 is 11.6 Å². The summed E-state index contributed by atoms with van der Waals surface area (Å²) in [6.07, 6.45) is 7.05. The predicted molar refractivity (Wildman–Crippen MR) is 139 cm³/mol. The number of nitrogens with zero attached hydrogens (tertiary/aromatic N) is 1. The Morgan fingerprint density at radius 3 is 2.32 bits per heavy atom. The molecule has 10 nitrogen and oxygen atoms in total. The Hall–Kier alpha value is -3.92. The largest absolute Gasteiger partial charge is 0.462 e. The van der Waals surface area contributed by atoms with E-state index in [0.717, 1.165) is 12.8 Å². The maximum Gasteiger partial charge on any atom is 0.306 e. The van der Waals surface area contributed by atoms with Crippen molar-refractivity contribution >= 4 is 46.8 Å². The van der Waals surface area contributed by atoms with Gasteiger partial charge < -0.3 is 19.5 Å². The maximum absolute atomic E-state index is 12.9. The Bertz CT molecular complexity index is 1100. The van der Waals surface area contributed by atoms with E-state index >= 15 is 0 Å². The lowest BCUT2D eigenvalue weighted by atomic mass is 10.1. The van der Waals surface area contributed by atoms with E-state index in [1.165, 1.54) is 0 Å². The summed E-state index contributed by atoms with van der Waals surface area (Å²) in [5, 5.41) is 7.30. The van der Waals surface area contributed by atoms with Crippen LogP contribution in [0, 0.1) is 0 Å². The Labute approximate surface area is 220 Å². The lowest BCUT2D eigenvalue weighted by Gasteiger charge is -2.14. The number of hydrogen-bond acceptors (Lipinski definition) is 9. The summed E-state index contributed by atoms with van der Waals surface area (Å²) < 4.78 is 14.9. The summed E-state index contributed by atoms with van der Waals surface area (Å²) >= 11 is 6.14. The second-order valence-electron chi connectivity index (χ2n) is 7.70. The standard InChI is InChI=1S/C26H30ClN3O7/c1-3-22(31)35-15-16-36-23(32)13-14-24(33)37-17-18(2)25(26(34)28-19-9-5-4-6-10-19)30-29-21-12-8-7-11-20(21)27/h5,7-12,29H,2-4,6,13-17H2,1H3,(H,28,34)/b30-25+. The fraction of sp³-hybridized carbons (Fsp3) is 0.346. The molecule has 0 bridgehead atoms. The average Bonchev–Trinajstić information content (AvgIpc) is 2.90. The SMILES string of the molecule is C=C(COC(=O)CCC(=O)OCCOC(=O)CC)/C(=N\Nc1ccccc1Cl)C(=O)NC1=CCCC=C1. The lowest BCUT2D eigenvalue weighted by Crippen LogP contribution is -2.33. The van der Waals surface area contributed by atoms with Crippen molar-refractivity contribution in [2.45, 2.75) is 39.0 Å². The second-order valence-corrected chi connectivity index (χ2v) is 8.11. The van der Waals surface area contributed by atoms with Gasteiger partial charge in [-0.15, -0.1) is 0 Å². The van der Waals surface area contributed by atoms with Crippen molar-refractivity contribution in [3.63, 3.8) is 0 Å². The molecule has 1 amide bonds. The molecule has 1 aromatic carbocycles. The van der Waals surface area contributed by atoms with Crippen LogP contribution in [0.5, 0.6) is 0 Å². The van der Waals surface area contributed by atoms with Crippen LogP contribution in [0.2, 0.25) is 5.02 Å². The predicted octanol–water partition coefficient (Wildman–Crippen LogP) is 3.83. The number of allylic oxidation sites excluding steroid dienone is 3. The first-order valence-corrected chi connectivity index (χ1v) is 12.1. The number of halogens is 1. The van der Waals surface area contributed by atoms with Gasteiger partial charge in [-0.25, -0.2) is 0 Å². The van der Waals surface area contributed by atoms with E-state index in [1.807, 2.05) is 12.2 Å². The number of hydrazone groups is 1. The van der Waals surface area contributed by atoms with Gasteiger partial charge in [0.25, 0.3) is 5.91 Å². The van der Waals surface area contributed by atoms with Crippen LogP contribution in [0.4, 0.5) is 5.69 Å². The van der Waals surface area contributed by atoms with Gasteiger partial charge in [-0.1, -0.05) is 49.4 Å². The fourth-order valence-corrected chi connectivity index (χ4v) is 3.03. The van der Waals surface area contributed by atoms with Gasteiger partial charge in [-0.3, -0.25) is 24.6 Å².